The van der Waals surface area contributed by atoms with Crippen molar-refractivity contribution in [2.45, 2.75) is 13.3 Å². The molecule has 0 radical (unpaired) electrons. The lowest BCUT2D eigenvalue weighted by Gasteiger charge is -1.97. The van der Waals surface area contributed by atoms with Crippen molar-refractivity contribution in [3.05, 3.63) is 22.1 Å². The average Bonchev–Trinajstić information content (AvgIpc) is 2.45. The Labute approximate surface area is 84.8 Å². The zero-order valence-electron chi connectivity index (χ0n) is 6.88. The van der Waals surface area contributed by atoms with E-state index in [2.05, 4.69) is 38.4 Å². The van der Waals surface area contributed by atoms with Crippen LogP contribution in [0.3, 0.4) is 0 Å². The number of hydrogen-bond acceptors (Lipinski definition) is 3. The first kappa shape index (κ1) is 9.74. The molecule has 1 N–H and O–H groups in total. The summed E-state index contributed by atoms with van der Waals surface area (Å²) in [5.41, 5.74) is 0. The minimum atomic E-state index is 0.904. The van der Waals surface area contributed by atoms with Gasteiger partial charge in [0, 0.05) is 11.9 Å². The molecule has 1 aromatic rings. The van der Waals surface area contributed by atoms with Gasteiger partial charge in [0.25, 0.3) is 0 Å². The van der Waals surface area contributed by atoms with E-state index in [9.17, 15) is 0 Å². The van der Waals surface area contributed by atoms with Crippen LogP contribution in [0.15, 0.2) is 22.1 Å². The van der Waals surface area contributed by atoms with Gasteiger partial charge in [0.2, 0.25) is 0 Å². The molecule has 2 nitrogen and oxygen atoms in total. The molecule has 0 saturated carbocycles. The molecule has 1 rings (SSSR count). The maximum atomic E-state index is 4.21. The molecule has 0 aliphatic carbocycles. The molecule has 0 spiro atoms. The Morgan fingerprint density at radius 2 is 2.58 bits per heavy atom. The molecule has 66 valence electrons. The summed E-state index contributed by atoms with van der Waals surface area (Å²) in [6, 6.07) is 0. The van der Waals surface area contributed by atoms with Crippen molar-refractivity contribution in [2.24, 2.45) is 0 Å². The molecule has 1 heterocycles. The third-order valence-electron chi connectivity index (χ3n) is 1.30. The maximum Gasteiger partial charge on any atom is 0.183 e. The van der Waals surface area contributed by atoms with Crippen molar-refractivity contribution in [3.63, 3.8) is 0 Å². The number of halogens is 1. The third-order valence-corrected chi connectivity index (χ3v) is 2.81. The van der Waals surface area contributed by atoms with Crippen molar-refractivity contribution >= 4 is 32.4 Å². The summed E-state index contributed by atoms with van der Waals surface area (Å²) in [6.45, 7) is 2.98. The lowest BCUT2D eigenvalue weighted by atomic mass is 10.4. The summed E-state index contributed by atoms with van der Waals surface area (Å²) in [6.07, 6.45) is 5.24. The van der Waals surface area contributed by atoms with Gasteiger partial charge in [-0.3, -0.25) is 0 Å². The third kappa shape index (κ3) is 3.36. The average molecular weight is 247 g/mol. The predicted molar refractivity (Wildman–Crippen MR) is 57.7 cm³/mol. The highest BCUT2D eigenvalue weighted by atomic mass is 79.9. The Morgan fingerprint density at radius 1 is 1.75 bits per heavy atom. The molecule has 0 aliphatic rings. The van der Waals surface area contributed by atoms with Crippen molar-refractivity contribution in [1.82, 2.24) is 4.98 Å². The van der Waals surface area contributed by atoms with Crippen LogP contribution in [-0.4, -0.2) is 11.5 Å². The largest absolute Gasteiger partial charge is 0.361 e. The summed E-state index contributed by atoms with van der Waals surface area (Å²) in [4.78, 5) is 4.21. The Bertz CT molecular complexity index is 257. The molecule has 1 aromatic heterocycles. The number of nitrogens with one attached hydrogen (secondary N) is 1. The van der Waals surface area contributed by atoms with E-state index in [0.717, 1.165) is 22.7 Å². The Hall–Kier alpha value is -0.350. The van der Waals surface area contributed by atoms with Crippen LogP contribution < -0.4 is 5.32 Å². The second-order valence-corrected chi connectivity index (χ2v) is 3.93. The van der Waals surface area contributed by atoms with Crippen molar-refractivity contribution in [2.75, 3.05) is 11.9 Å². The van der Waals surface area contributed by atoms with Crippen LogP contribution >= 0.6 is 27.3 Å². The van der Waals surface area contributed by atoms with Gasteiger partial charge in [0.15, 0.2) is 5.13 Å². The molecular weight excluding hydrogens is 236 g/mol. The van der Waals surface area contributed by atoms with E-state index in [1.54, 1.807) is 11.3 Å². The highest BCUT2D eigenvalue weighted by Gasteiger charge is 1.95. The molecule has 0 saturated heterocycles. The van der Waals surface area contributed by atoms with Crippen LogP contribution in [0.25, 0.3) is 0 Å². The molecule has 12 heavy (non-hydrogen) atoms. The maximum absolute atomic E-state index is 4.21. The van der Waals surface area contributed by atoms with Crippen molar-refractivity contribution in [1.29, 1.82) is 0 Å². The van der Waals surface area contributed by atoms with E-state index in [4.69, 9.17) is 0 Å². The van der Waals surface area contributed by atoms with Crippen LogP contribution in [0, 0.1) is 0 Å². The monoisotopic (exact) mass is 246 g/mol. The normalized spacial score (nSPS) is 10.8. The molecular formula is C8H11BrN2S. The zero-order valence-corrected chi connectivity index (χ0v) is 9.28. The first-order valence-corrected chi connectivity index (χ1v) is 5.46. The lowest BCUT2D eigenvalue weighted by molar-refractivity contribution is 1.06. The molecule has 0 fully saturated rings. The fraction of sp³-hybridized carbons (Fsp3) is 0.375. The molecule has 0 aromatic carbocycles. The van der Waals surface area contributed by atoms with E-state index < -0.39 is 0 Å². The fourth-order valence-corrected chi connectivity index (χ4v) is 1.94. The number of thiazole rings is 1. The van der Waals surface area contributed by atoms with Crippen LogP contribution in [0.4, 0.5) is 5.13 Å². The molecule has 0 atom stereocenters. The van der Waals surface area contributed by atoms with Gasteiger partial charge in [-0.2, -0.15) is 0 Å². The topological polar surface area (TPSA) is 24.9 Å². The fourth-order valence-electron chi connectivity index (χ4n) is 0.764. The summed E-state index contributed by atoms with van der Waals surface area (Å²) < 4.78 is 0.904. The molecule has 0 amide bonds. The van der Waals surface area contributed by atoms with Crippen LogP contribution in [0.5, 0.6) is 0 Å². The first-order valence-electron chi connectivity index (χ1n) is 3.79. The molecule has 0 bridgehead atoms. The number of nitrogens with zero attached hydrogens (tertiary/aromatic N) is 1. The number of allylic oxidation sites excluding steroid dienone is 1. The van der Waals surface area contributed by atoms with Gasteiger partial charge < -0.3 is 5.32 Å². The number of anilines is 1. The van der Waals surface area contributed by atoms with E-state index in [1.807, 2.05) is 12.3 Å². The van der Waals surface area contributed by atoms with Crippen molar-refractivity contribution in [3.8, 4) is 0 Å². The quantitative estimate of drug-likeness (QED) is 0.652. The van der Waals surface area contributed by atoms with Crippen LogP contribution in [0.1, 0.15) is 13.3 Å². The van der Waals surface area contributed by atoms with E-state index in [0.29, 0.717) is 0 Å². The molecule has 0 unspecified atom stereocenters. The highest BCUT2D eigenvalue weighted by Crippen LogP contribution is 2.18. The van der Waals surface area contributed by atoms with Gasteiger partial charge in [0.05, 0.1) is 0 Å². The summed E-state index contributed by atoms with van der Waals surface area (Å²) in [5.74, 6) is 0. The molecule has 4 heteroatoms. The standard InChI is InChI=1S/C8H11BrN2S/c1-2-3-4-5-10-8-11-7(9)6-12-8/h2-3,6H,4-5H2,1H3,(H,10,11)/b3-2+. The van der Waals surface area contributed by atoms with E-state index >= 15 is 0 Å². The van der Waals surface area contributed by atoms with Gasteiger partial charge in [-0.15, -0.1) is 11.3 Å². The highest BCUT2D eigenvalue weighted by molar-refractivity contribution is 9.10. The Kier molecular flexibility index (Phi) is 4.32. The van der Waals surface area contributed by atoms with Crippen LogP contribution in [0.2, 0.25) is 0 Å². The number of hydrogen-bond donors (Lipinski definition) is 1. The van der Waals surface area contributed by atoms with E-state index in [-0.39, 0.29) is 0 Å². The van der Waals surface area contributed by atoms with Gasteiger partial charge in [0.1, 0.15) is 4.60 Å². The van der Waals surface area contributed by atoms with E-state index in [1.165, 1.54) is 0 Å². The van der Waals surface area contributed by atoms with Crippen molar-refractivity contribution < 1.29 is 0 Å². The first-order chi connectivity index (χ1) is 5.83. The summed E-state index contributed by atoms with van der Waals surface area (Å²) in [7, 11) is 0. The summed E-state index contributed by atoms with van der Waals surface area (Å²) in [5, 5.41) is 6.17. The second kappa shape index (κ2) is 5.32. The number of aromatic nitrogens is 1. The van der Waals surface area contributed by atoms with Gasteiger partial charge >= 0.3 is 0 Å². The SMILES string of the molecule is C/C=C/CCNc1nc(Br)cs1. The number of rotatable bonds is 4. The minimum Gasteiger partial charge on any atom is -0.361 e. The van der Waals surface area contributed by atoms with Gasteiger partial charge in [-0.25, -0.2) is 4.98 Å². The molecule has 0 aliphatic heterocycles. The Morgan fingerprint density at radius 3 is 3.17 bits per heavy atom. The van der Waals surface area contributed by atoms with Crippen LogP contribution in [-0.2, 0) is 0 Å². The second-order valence-electron chi connectivity index (χ2n) is 2.26. The smallest absolute Gasteiger partial charge is 0.183 e. The predicted octanol–water partition coefficient (Wildman–Crippen LogP) is 3.28. The zero-order chi connectivity index (χ0) is 8.81. The minimum absolute atomic E-state index is 0.904. The van der Waals surface area contributed by atoms with Gasteiger partial charge in [-0.05, 0) is 29.3 Å². The Balaban J connectivity index is 2.24. The summed E-state index contributed by atoms with van der Waals surface area (Å²) >= 11 is 4.91. The lowest BCUT2D eigenvalue weighted by Crippen LogP contribution is -1.98. The van der Waals surface area contributed by atoms with Gasteiger partial charge in [-0.1, -0.05) is 12.2 Å².